The number of carbonyl (C=O) groups excluding carboxylic acids is 1. The molecule has 0 saturated heterocycles. The Morgan fingerprint density at radius 2 is 1.67 bits per heavy atom. The average molecular weight is 241 g/mol. The first-order valence-electron chi connectivity index (χ1n) is 5.74. The summed E-state index contributed by atoms with van der Waals surface area (Å²) in [5.74, 6) is -0.0625. The molecule has 0 aliphatic heterocycles. The molecule has 4 heteroatoms. The van der Waals surface area contributed by atoms with E-state index in [9.17, 15) is 4.79 Å². The monoisotopic (exact) mass is 241 g/mol. The molecule has 1 amide bonds. The summed E-state index contributed by atoms with van der Waals surface area (Å²) < 4.78 is 0. The smallest absolute Gasteiger partial charge is 0.221 e. The van der Waals surface area contributed by atoms with Crippen LogP contribution in [-0.4, -0.2) is 10.9 Å². The predicted octanol–water partition coefficient (Wildman–Crippen LogP) is 2.65. The van der Waals surface area contributed by atoms with Gasteiger partial charge in [-0.1, -0.05) is 0 Å². The van der Waals surface area contributed by atoms with Gasteiger partial charge >= 0.3 is 0 Å². The maximum absolute atomic E-state index is 10.9. The van der Waals surface area contributed by atoms with E-state index in [0.717, 1.165) is 17.9 Å². The predicted molar refractivity (Wildman–Crippen MR) is 72.3 cm³/mol. The second-order valence-corrected chi connectivity index (χ2v) is 3.97. The number of anilines is 2. The van der Waals surface area contributed by atoms with E-state index < -0.39 is 0 Å². The molecule has 1 aromatic heterocycles. The minimum absolute atomic E-state index is 0.0625. The fourth-order valence-electron chi connectivity index (χ4n) is 1.58. The molecule has 0 atom stereocenters. The van der Waals surface area contributed by atoms with Gasteiger partial charge in [0.1, 0.15) is 0 Å². The van der Waals surface area contributed by atoms with E-state index >= 15 is 0 Å². The maximum atomic E-state index is 10.9. The molecule has 1 aromatic carbocycles. The lowest BCUT2D eigenvalue weighted by Gasteiger charge is -2.07. The summed E-state index contributed by atoms with van der Waals surface area (Å²) in [7, 11) is 0. The minimum Gasteiger partial charge on any atom is -0.381 e. The number of rotatable bonds is 4. The Bertz CT molecular complexity index is 508. The van der Waals surface area contributed by atoms with Crippen molar-refractivity contribution in [3.05, 3.63) is 54.4 Å². The highest BCUT2D eigenvalue weighted by Gasteiger charge is 1.96. The van der Waals surface area contributed by atoms with Gasteiger partial charge in [0, 0.05) is 37.2 Å². The van der Waals surface area contributed by atoms with E-state index in [-0.39, 0.29) is 5.91 Å². The molecule has 0 radical (unpaired) electrons. The van der Waals surface area contributed by atoms with Crippen LogP contribution in [0.3, 0.4) is 0 Å². The molecule has 0 aliphatic carbocycles. The van der Waals surface area contributed by atoms with Crippen LogP contribution in [0.25, 0.3) is 0 Å². The molecule has 2 N–H and O–H groups in total. The second kappa shape index (κ2) is 5.82. The van der Waals surface area contributed by atoms with Crippen molar-refractivity contribution in [1.29, 1.82) is 0 Å². The number of aromatic nitrogens is 1. The van der Waals surface area contributed by atoms with Crippen LogP contribution in [-0.2, 0) is 11.3 Å². The van der Waals surface area contributed by atoms with Gasteiger partial charge in [0.2, 0.25) is 5.91 Å². The Morgan fingerprint density at radius 3 is 2.28 bits per heavy atom. The van der Waals surface area contributed by atoms with E-state index in [1.165, 1.54) is 12.5 Å². The van der Waals surface area contributed by atoms with Crippen molar-refractivity contribution in [3.8, 4) is 0 Å². The molecule has 0 fully saturated rings. The Labute approximate surface area is 106 Å². The molecule has 4 nitrogen and oxygen atoms in total. The van der Waals surface area contributed by atoms with Gasteiger partial charge in [-0.3, -0.25) is 9.78 Å². The van der Waals surface area contributed by atoms with Gasteiger partial charge in [-0.15, -0.1) is 0 Å². The largest absolute Gasteiger partial charge is 0.381 e. The van der Waals surface area contributed by atoms with Gasteiger partial charge in [0.25, 0.3) is 0 Å². The summed E-state index contributed by atoms with van der Waals surface area (Å²) in [6.45, 7) is 2.25. The van der Waals surface area contributed by atoms with Crippen LogP contribution < -0.4 is 10.6 Å². The first kappa shape index (κ1) is 12.1. The summed E-state index contributed by atoms with van der Waals surface area (Å²) in [4.78, 5) is 14.8. The summed E-state index contributed by atoms with van der Waals surface area (Å²) in [5, 5.41) is 6.03. The van der Waals surface area contributed by atoms with Crippen LogP contribution >= 0.6 is 0 Å². The molecule has 92 valence electrons. The van der Waals surface area contributed by atoms with Gasteiger partial charge < -0.3 is 10.6 Å². The highest BCUT2D eigenvalue weighted by Crippen LogP contribution is 2.14. The maximum Gasteiger partial charge on any atom is 0.221 e. The molecule has 0 unspecified atom stereocenters. The Hall–Kier alpha value is -2.36. The lowest BCUT2D eigenvalue weighted by atomic mass is 10.2. The topological polar surface area (TPSA) is 54.0 Å². The zero-order valence-electron chi connectivity index (χ0n) is 10.2. The first-order chi connectivity index (χ1) is 8.74. The van der Waals surface area contributed by atoms with Crippen molar-refractivity contribution < 1.29 is 4.79 Å². The quantitative estimate of drug-likeness (QED) is 0.865. The van der Waals surface area contributed by atoms with Gasteiger partial charge in [0.05, 0.1) is 0 Å². The molecule has 18 heavy (non-hydrogen) atoms. The average Bonchev–Trinajstić information content (AvgIpc) is 2.38. The van der Waals surface area contributed by atoms with Crippen LogP contribution in [0.1, 0.15) is 12.5 Å². The van der Waals surface area contributed by atoms with Crippen LogP contribution in [0.15, 0.2) is 48.8 Å². The zero-order valence-corrected chi connectivity index (χ0v) is 10.2. The number of benzene rings is 1. The molecule has 0 saturated carbocycles. The third-order valence-corrected chi connectivity index (χ3v) is 2.45. The molecule has 0 bridgehead atoms. The van der Waals surface area contributed by atoms with E-state index in [1.807, 2.05) is 36.4 Å². The van der Waals surface area contributed by atoms with Crippen molar-refractivity contribution in [2.24, 2.45) is 0 Å². The van der Waals surface area contributed by atoms with E-state index in [1.54, 1.807) is 12.4 Å². The van der Waals surface area contributed by atoms with Crippen LogP contribution in [0, 0.1) is 0 Å². The molecular formula is C14H15N3O. The van der Waals surface area contributed by atoms with Gasteiger partial charge in [-0.05, 0) is 42.0 Å². The summed E-state index contributed by atoms with van der Waals surface area (Å²) in [6.07, 6.45) is 3.55. The van der Waals surface area contributed by atoms with Gasteiger partial charge in [0.15, 0.2) is 0 Å². The summed E-state index contributed by atoms with van der Waals surface area (Å²) in [6, 6.07) is 11.6. The number of hydrogen-bond acceptors (Lipinski definition) is 3. The first-order valence-corrected chi connectivity index (χ1v) is 5.74. The molecular weight excluding hydrogens is 226 g/mol. The lowest BCUT2D eigenvalue weighted by Crippen LogP contribution is -2.05. The second-order valence-electron chi connectivity index (χ2n) is 3.97. The van der Waals surface area contributed by atoms with Crippen LogP contribution in [0.2, 0.25) is 0 Å². The van der Waals surface area contributed by atoms with E-state index in [0.29, 0.717) is 0 Å². The third kappa shape index (κ3) is 3.59. The van der Waals surface area contributed by atoms with Crippen molar-refractivity contribution in [3.63, 3.8) is 0 Å². The standard InChI is InChI=1S/C14H15N3O/c1-11(18)17-14-4-2-13(3-5-14)16-10-12-6-8-15-9-7-12/h2-9,16H,10H2,1H3,(H,17,18). The molecule has 0 spiro atoms. The van der Waals surface area contributed by atoms with Crippen molar-refractivity contribution in [2.75, 3.05) is 10.6 Å². The van der Waals surface area contributed by atoms with Crippen molar-refractivity contribution in [2.45, 2.75) is 13.5 Å². The van der Waals surface area contributed by atoms with Crippen LogP contribution in [0.4, 0.5) is 11.4 Å². The third-order valence-electron chi connectivity index (χ3n) is 2.45. The Morgan fingerprint density at radius 1 is 1.06 bits per heavy atom. The summed E-state index contributed by atoms with van der Waals surface area (Å²) >= 11 is 0. The Balaban J connectivity index is 1.92. The fraction of sp³-hybridized carbons (Fsp3) is 0.143. The number of nitrogens with zero attached hydrogens (tertiary/aromatic N) is 1. The lowest BCUT2D eigenvalue weighted by molar-refractivity contribution is -0.114. The zero-order chi connectivity index (χ0) is 12.8. The van der Waals surface area contributed by atoms with Gasteiger partial charge in [-0.25, -0.2) is 0 Å². The highest BCUT2D eigenvalue weighted by atomic mass is 16.1. The Kier molecular flexibility index (Phi) is 3.91. The SMILES string of the molecule is CC(=O)Nc1ccc(NCc2ccncc2)cc1. The number of pyridine rings is 1. The van der Waals surface area contributed by atoms with E-state index in [2.05, 4.69) is 15.6 Å². The number of carbonyl (C=O) groups is 1. The van der Waals surface area contributed by atoms with Crippen LogP contribution in [0.5, 0.6) is 0 Å². The molecule has 0 aliphatic rings. The number of nitrogens with one attached hydrogen (secondary N) is 2. The molecule has 2 rings (SSSR count). The van der Waals surface area contributed by atoms with Crippen molar-refractivity contribution >= 4 is 17.3 Å². The normalized spacial score (nSPS) is 9.83. The minimum atomic E-state index is -0.0625. The highest BCUT2D eigenvalue weighted by molar-refractivity contribution is 5.88. The molecule has 1 heterocycles. The summed E-state index contributed by atoms with van der Waals surface area (Å²) in [5.41, 5.74) is 2.99. The molecule has 2 aromatic rings. The van der Waals surface area contributed by atoms with E-state index in [4.69, 9.17) is 0 Å². The van der Waals surface area contributed by atoms with Crippen molar-refractivity contribution in [1.82, 2.24) is 4.98 Å². The number of hydrogen-bond donors (Lipinski definition) is 2. The number of amides is 1. The van der Waals surface area contributed by atoms with Gasteiger partial charge in [-0.2, -0.15) is 0 Å². The fourth-order valence-corrected chi connectivity index (χ4v) is 1.58.